The van der Waals surface area contributed by atoms with E-state index in [2.05, 4.69) is 16.7 Å². The number of hydrogen-bond acceptors (Lipinski definition) is 6. The van der Waals surface area contributed by atoms with Crippen molar-refractivity contribution in [1.82, 2.24) is 14.7 Å². The number of nitrogens with two attached hydrogens (primary N) is 1. The Bertz CT molecular complexity index is 1110. The molecule has 2 aromatic rings. The summed E-state index contributed by atoms with van der Waals surface area (Å²) in [4.78, 5) is 20.2. The molecule has 0 aliphatic carbocycles. The maximum absolute atomic E-state index is 13.0. The first kappa shape index (κ1) is 25.0. The molecule has 0 bridgehead atoms. The van der Waals surface area contributed by atoms with Gasteiger partial charge in [-0.1, -0.05) is 29.8 Å². The summed E-state index contributed by atoms with van der Waals surface area (Å²) in [5, 5.41) is 0.406. The van der Waals surface area contributed by atoms with Crippen LogP contribution in [0.15, 0.2) is 47.4 Å². The lowest BCUT2D eigenvalue weighted by Crippen LogP contribution is -2.56. The van der Waals surface area contributed by atoms with Gasteiger partial charge in [0.05, 0.1) is 15.5 Å². The van der Waals surface area contributed by atoms with Crippen molar-refractivity contribution in [1.29, 1.82) is 0 Å². The van der Waals surface area contributed by atoms with E-state index in [1.165, 1.54) is 6.26 Å². The molecule has 2 fully saturated rings. The molecule has 1 atom stereocenters. The summed E-state index contributed by atoms with van der Waals surface area (Å²) >= 11 is 6.24. The highest BCUT2D eigenvalue weighted by Crippen LogP contribution is 2.27. The van der Waals surface area contributed by atoms with Gasteiger partial charge in [-0.2, -0.15) is 0 Å². The van der Waals surface area contributed by atoms with Crippen molar-refractivity contribution < 1.29 is 13.2 Å². The number of piperazine rings is 1. The first-order chi connectivity index (χ1) is 16.1. The van der Waals surface area contributed by atoms with Crippen molar-refractivity contribution in [2.75, 3.05) is 44.7 Å². The minimum atomic E-state index is -3.17. The summed E-state index contributed by atoms with van der Waals surface area (Å²) in [6.07, 6.45) is 3.11. The number of carbonyl (C=O) groups excluding carboxylic acids is 1. The van der Waals surface area contributed by atoms with Crippen LogP contribution in [0.4, 0.5) is 5.69 Å². The second-order valence-electron chi connectivity index (χ2n) is 9.46. The van der Waals surface area contributed by atoms with Crippen LogP contribution in [0.5, 0.6) is 0 Å². The van der Waals surface area contributed by atoms with E-state index < -0.39 is 9.84 Å². The molecular formula is C25H33ClN4O3S. The summed E-state index contributed by atoms with van der Waals surface area (Å²) in [5.74, 6) is -0.0818. The van der Waals surface area contributed by atoms with Gasteiger partial charge >= 0.3 is 0 Å². The molecule has 7 nitrogen and oxygen atoms in total. The van der Waals surface area contributed by atoms with E-state index in [0.29, 0.717) is 46.3 Å². The number of piperidine rings is 1. The molecule has 184 valence electrons. The number of halogens is 1. The fraction of sp³-hybridized carbons (Fsp3) is 0.480. The number of sulfone groups is 1. The smallest absolute Gasteiger partial charge is 0.257 e. The van der Waals surface area contributed by atoms with E-state index in [4.69, 9.17) is 17.3 Å². The number of amides is 1. The highest BCUT2D eigenvalue weighted by Gasteiger charge is 2.32. The van der Waals surface area contributed by atoms with E-state index in [-0.39, 0.29) is 5.91 Å². The third-order valence-electron chi connectivity index (χ3n) is 7.06. The Morgan fingerprint density at radius 1 is 1.06 bits per heavy atom. The van der Waals surface area contributed by atoms with E-state index in [0.717, 1.165) is 44.6 Å². The van der Waals surface area contributed by atoms with Crippen LogP contribution >= 0.6 is 11.6 Å². The number of carbonyl (C=O) groups is 1. The number of rotatable bonds is 5. The molecule has 2 aromatic carbocycles. The Morgan fingerprint density at radius 3 is 2.32 bits per heavy atom. The average Bonchev–Trinajstić information content (AvgIpc) is 2.80. The quantitative estimate of drug-likeness (QED) is 0.629. The number of anilines is 1. The van der Waals surface area contributed by atoms with Crippen LogP contribution in [-0.4, -0.2) is 80.1 Å². The van der Waals surface area contributed by atoms with E-state index in [9.17, 15) is 13.2 Å². The van der Waals surface area contributed by atoms with Crippen molar-refractivity contribution in [3.63, 3.8) is 0 Å². The summed E-state index contributed by atoms with van der Waals surface area (Å²) in [6, 6.07) is 13.2. The van der Waals surface area contributed by atoms with Crippen LogP contribution in [0.1, 0.15) is 35.7 Å². The van der Waals surface area contributed by atoms with Crippen LogP contribution in [-0.2, 0) is 16.4 Å². The van der Waals surface area contributed by atoms with Crippen molar-refractivity contribution in [3.8, 4) is 0 Å². The molecule has 0 spiro atoms. The van der Waals surface area contributed by atoms with Crippen LogP contribution in [0.2, 0.25) is 5.02 Å². The molecular weight excluding hydrogens is 472 g/mol. The van der Waals surface area contributed by atoms with Gasteiger partial charge in [-0.25, -0.2) is 8.42 Å². The van der Waals surface area contributed by atoms with Gasteiger partial charge in [-0.3, -0.25) is 14.6 Å². The number of nitrogens with zero attached hydrogens (tertiary/aromatic N) is 3. The van der Waals surface area contributed by atoms with Gasteiger partial charge in [0.25, 0.3) is 5.91 Å². The van der Waals surface area contributed by atoms with E-state index in [1.807, 2.05) is 17.0 Å². The van der Waals surface area contributed by atoms with Crippen LogP contribution in [0, 0.1) is 0 Å². The molecule has 2 aliphatic rings. The fourth-order valence-corrected chi connectivity index (χ4v) is 5.92. The monoisotopic (exact) mass is 504 g/mol. The molecule has 34 heavy (non-hydrogen) atoms. The number of nitrogen functional groups attached to an aromatic ring is 1. The Morgan fingerprint density at radius 2 is 1.74 bits per heavy atom. The third-order valence-corrected chi connectivity index (χ3v) is 8.50. The summed E-state index contributed by atoms with van der Waals surface area (Å²) < 4.78 is 23.4. The summed E-state index contributed by atoms with van der Waals surface area (Å²) in [7, 11) is -3.17. The number of hydrogen-bond donors (Lipinski definition) is 1. The average molecular weight is 505 g/mol. The van der Waals surface area contributed by atoms with Gasteiger partial charge in [0.2, 0.25) is 0 Å². The highest BCUT2D eigenvalue weighted by molar-refractivity contribution is 7.90. The van der Waals surface area contributed by atoms with E-state index >= 15 is 0 Å². The number of benzene rings is 2. The number of likely N-dealkylation sites (tertiary alicyclic amines) is 1. The topological polar surface area (TPSA) is 86.9 Å². The molecule has 2 aliphatic heterocycles. The first-order valence-electron chi connectivity index (χ1n) is 11.7. The molecule has 2 heterocycles. The van der Waals surface area contributed by atoms with Crippen LogP contribution in [0.25, 0.3) is 0 Å². The standard InChI is InChI=1S/C25H33ClN4O3S/c1-18-16-30(15-14-29(18)17-19-6-8-21(9-7-19)34(2,32)33)20-10-12-28(13-11-20)25(31)24-22(26)4-3-5-23(24)27/h3-9,18,20H,10-17,27H2,1-2H3/t18-/m0/s1. The molecule has 1 amide bonds. The first-order valence-corrected chi connectivity index (χ1v) is 14.0. The second-order valence-corrected chi connectivity index (χ2v) is 11.9. The van der Waals surface area contributed by atoms with Crippen molar-refractivity contribution >= 4 is 33.0 Å². The lowest BCUT2D eigenvalue weighted by atomic mass is 9.99. The molecule has 2 N–H and O–H groups in total. The zero-order valence-corrected chi connectivity index (χ0v) is 21.4. The van der Waals surface area contributed by atoms with Gasteiger partial charge in [-0.15, -0.1) is 0 Å². The Balaban J connectivity index is 1.29. The molecule has 9 heteroatoms. The van der Waals surface area contributed by atoms with Crippen molar-refractivity contribution in [2.45, 2.75) is 43.3 Å². The highest BCUT2D eigenvalue weighted by atomic mass is 35.5. The zero-order valence-electron chi connectivity index (χ0n) is 19.8. The maximum Gasteiger partial charge on any atom is 0.257 e. The molecule has 4 rings (SSSR count). The maximum atomic E-state index is 13.0. The van der Waals surface area contributed by atoms with Crippen LogP contribution in [0.3, 0.4) is 0 Å². The minimum absolute atomic E-state index is 0.0818. The Kier molecular flexibility index (Phi) is 7.52. The molecule has 0 radical (unpaired) electrons. The van der Waals surface area contributed by atoms with Gasteiger partial charge in [0.15, 0.2) is 9.84 Å². The lowest BCUT2D eigenvalue weighted by Gasteiger charge is -2.45. The van der Waals surface area contributed by atoms with Crippen molar-refractivity contribution in [3.05, 3.63) is 58.6 Å². The normalized spacial score (nSPS) is 21.0. The van der Waals surface area contributed by atoms with Gasteiger partial charge in [0, 0.05) is 63.3 Å². The Labute approximate surface area is 207 Å². The van der Waals surface area contributed by atoms with E-state index in [1.54, 1.807) is 30.3 Å². The van der Waals surface area contributed by atoms with Crippen molar-refractivity contribution in [2.24, 2.45) is 0 Å². The van der Waals surface area contributed by atoms with Crippen LogP contribution < -0.4 is 5.73 Å². The SMILES string of the molecule is C[C@H]1CN(C2CCN(C(=O)c3c(N)cccc3Cl)CC2)CCN1Cc1ccc(S(C)(=O)=O)cc1. The molecule has 0 unspecified atom stereocenters. The second kappa shape index (κ2) is 10.2. The summed E-state index contributed by atoms with van der Waals surface area (Å²) in [6.45, 7) is 7.40. The zero-order chi connectivity index (χ0) is 24.5. The molecule has 2 saturated heterocycles. The predicted octanol–water partition coefficient (Wildman–Crippen LogP) is 3.14. The van der Waals surface area contributed by atoms with Gasteiger partial charge in [0.1, 0.15) is 0 Å². The van der Waals surface area contributed by atoms with Gasteiger partial charge in [-0.05, 0) is 49.6 Å². The minimum Gasteiger partial charge on any atom is -0.398 e. The largest absolute Gasteiger partial charge is 0.398 e. The third kappa shape index (κ3) is 5.57. The Hall–Kier alpha value is -2.13. The fourth-order valence-electron chi connectivity index (χ4n) is 5.03. The van der Waals surface area contributed by atoms with Gasteiger partial charge < -0.3 is 10.6 Å². The molecule has 0 saturated carbocycles. The molecule has 0 aromatic heterocycles. The lowest BCUT2D eigenvalue weighted by molar-refractivity contribution is 0.0259. The predicted molar refractivity (Wildman–Crippen MR) is 136 cm³/mol. The summed E-state index contributed by atoms with van der Waals surface area (Å²) in [5.41, 5.74) is 7.97.